The van der Waals surface area contributed by atoms with Crippen LogP contribution in [0.15, 0.2) is 36.4 Å². The lowest BCUT2D eigenvalue weighted by atomic mass is 10.1. The molecule has 0 radical (unpaired) electrons. The molecule has 0 unspecified atom stereocenters. The minimum Gasteiger partial charge on any atom is -0.488 e. The molecule has 2 nitrogen and oxygen atoms in total. The Bertz CT molecular complexity index is 594. The molecule has 0 amide bonds. The molecule has 0 aromatic heterocycles. The van der Waals surface area contributed by atoms with Crippen LogP contribution < -0.4 is 10.5 Å². The van der Waals surface area contributed by atoms with Crippen LogP contribution in [0.3, 0.4) is 0 Å². The molecule has 0 saturated heterocycles. The third-order valence-corrected chi connectivity index (χ3v) is 3.84. The van der Waals surface area contributed by atoms with Gasteiger partial charge in [-0.1, -0.05) is 40.9 Å². The van der Waals surface area contributed by atoms with Gasteiger partial charge in [0, 0.05) is 32.2 Å². The quantitative estimate of drug-likeness (QED) is 0.831. The fourth-order valence-corrected chi connectivity index (χ4v) is 2.51. The minimum atomic E-state index is -0.176. The minimum absolute atomic E-state index is 0.176. The number of rotatable bonds is 4. The predicted octanol–water partition coefficient (Wildman–Crippen LogP) is 5.25. The van der Waals surface area contributed by atoms with Crippen molar-refractivity contribution in [3.63, 3.8) is 0 Å². The summed E-state index contributed by atoms with van der Waals surface area (Å²) >= 11 is 18.2. The van der Waals surface area contributed by atoms with Crippen molar-refractivity contribution in [1.29, 1.82) is 0 Å². The van der Waals surface area contributed by atoms with Crippen LogP contribution in [-0.4, -0.2) is 0 Å². The number of nitrogens with two attached hydrogens (primary N) is 1. The van der Waals surface area contributed by atoms with Gasteiger partial charge in [-0.05, 0) is 37.3 Å². The molecule has 2 N–H and O–H groups in total. The van der Waals surface area contributed by atoms with Crippen LogP contribution in [0.1, 0.15) is 24.1 Å². The molecule has 0 fully saturated rings. The Hall–Kier alpha value is -0.930. The molecule has 1 atom stereocenters. The van der Waals surface area contributed by atoms with Gasteiger partial charge in [0.25, 0.3) is 0 Å². The average molecular weight is 331 g/mol. The predicted molar refractivity (Wildman–Crippen MR) is 84.8 cm³/mol. The Morgan fingerprint density at radius 3 is 2.35 bits per heavy atom. The average Bonchev–Trinajstić information content (AvgIpc) is 2.39. The summed E-state index contributed by atoms with van der Waals surface area (Å²) in [5.41, 5.74) is 7.52. The topological polar surface area (TPSA) is 35.2 Å². The number of hydrogen-bond donors (Lipinski definition) is 1. The van der Waals surface area contributed by atoms with Crippen molar-refractivity contribution in [3.8, 4) is 5.75 Å². The van der Waals surface area contributed by atoms with E-state index in [2.05, 4.69) is 0 Å². The highest BCUT2D eigenvalue weighted by molar-refractivity contribution is 6.35. The summed E-state index contributed by atoms with van der Waals surface area (Å²) in [4.78, 5) is 0. The van der Waals surface area contributed by atoms with Crippen molar-refractivity contribution >= 4 is 34.8 Å². The van der Waals surface area contributed by atoms with E-state index in [-0.39, 0.29) is 12.6 Å². The molecule has 2 aromatic carbocycles. The summed E-state index contributed by atoms with van der Waals surface area (Å²) in [6.45, 7) is 2.15. The van der Waals surface area contributed by atoms with Crippen LogP contribution in [0.2, 0.25) is 15.1 Å². The Morgan fingerprint density at radius 2 is 1.75 bits per heavy atom. The van der Waals surface area contributed by atoms with E-state index in [4.69, 9.17) is 45.3 Å². The van der Waals surface area contributed by atoms with Gasteiger partial charge in [-0.15, -0.1) is 0 Å². The van der Waals surface area contributed by atoms with Gasteiger partial charge in [0.2, 0.25) is 0 Å². The van der Waals surface area contributed by atoms with Gasteiger partial charge >= 0.3 is 0 Å². The lowest BCUT2D eigenvalue weighted by molar-refractivity contribution is 0.301. The molecule has 5 heteroatoms. The smallest absolute Gasteiger partial charge is 0.124 e. The molecule has 2 rings (SSSR count). The summed E-state index contributed by atoms with van der Waals surface area (Å²) in [7, 11) is 0. The number of benzene rings is 2. The molecule has 2 aromatic rings. The standard InChI is InChI=1S/C15H14Cl3NO/c1-9(19)11-7-10(16)5-6-15(11)20-8-12-13(17)3-2-4-14(12)18/h2-7,9H,8,19H2,1H3/t9-/m1/s1. The number of halogens is 3. The zero-order chi connectivity index (χ0) is 14.7. The molecular formula is C15H14Cl3NO. The van der Waals surface area contributed by atoms with Crippen LogP contribution >= 0.6 is 34.8 Å². The van der Waals surface area contributed by atoms with E-state index < -0.39 is 0 Å². The molecule has 0 aliphatic carbocycles. The molecule has 0 aliphatic rings. The molecule has 20 heavy (non-hydrogen) atoms. The largest absolute Gasteiger partial charge is 0.488 e. The Morgan fingerprint density at radius 1 is 1.10 bits per heavy atom. The monoisotopic (exact) mass is 329 g/mol. The van der Waals surface area contributed by atoms with Gasteiger partial charge in [-0.2, -0.15) is 0 Å². The summed E-state index contributed by atoms with van der Waals surface area (Å²) in [5, 5.41) is 1.78. The van der Waals surface area contributed by atoms with Crippen LogP contribution in [0, 0.1) is 0 Å². The maximum absolute atomic E-state index is 6.11. The van der Waals surface area contributed by atoms with Crippen molar-refractivity contribution in [3.05, 3.63) is 62.6 Å². The zero-order valence-electron chi connectivity index (χ0n) is 10.9. The first kappa shape index (κ1) is 15.5. The van der Waals surface area contributed by atoms with Crippen LogP contribution in [0.25, 0.3) is 0 Å². The van der Waals surface area contributed by atoms with Crippen molar-refractivity contribution in [2.75, 3.05) is 0 Å². The Balaban J connectivity index is 2.23. The molecule has 0 heterocycles. The van der Waals surface area contributed by atoms with Crippen molar-refractivity contribution in [2.45, 2.75) is 19.6 Å². The first-order valence-electron chi connectivity index (χ1n) is 6.09. The normalized spacial score (nSPS) is 12.2. The third kappa shape index (κ3) is 3.58. The fraction of sp³-hybridized carbons (Fsp3) is 0.200. The van der Waals surface area contributed by atoms with Gasteiger partial charge in [-0.3, -0.25) is 0 Å². The maximum Gasteiger partial charge on any atom is 0.124 e. The lowest BCUT2D eigenvalue weighted by Crippen LogP contribution is -2.08. The number of ether oxygens (including phenoxy) is 1. The van der Waals surface area contributed by atoms with Crippen LogP contribution in [0.5, 0.6) is 5.75 Å². The van der Waals surface area contributed by atoms with Gasteiger partial charge in [0.05, 0.1) is 0 Å². The molecule has 0 saturated carbocycles. The molecule has 0 spiro atoms. The summed E-state index contributed by atoms with van der Waals surface area (Å²) in [6.07, 6.45) is 0. The summed E-state index contributed by atoms with van der Waals surface area (Å²) in [6, 6.07) is 10.5. The Kier molecular flexibility index (Phi) is 5.17. The van der Waals surface area contributed by atoms with Crippen LogP contribution in [0.4, 0.5) is 0 Å². The molecule has 106 valence electrons. The van der Waals surface area contributed by atoms with E-state index in [1.807, 2.05) is 6.92 Å². The van der Waals surface area contributed by atoms with Crippen molar-refractivity contribution < 1.29 is 4.74 Å². The zero-order valence-corrected chi connectivity index (χ0v) is 13.1. The van der Waals surface area contributed by atoms with Gasteiger partial charge in [0.15, 0.2) is 0 Å². The second-order valence-corrected chi connectivity index (χ2v) is 5.71. The second-order valence-electron chi connectivity index (χ2n) is 4.46. The highest BCUT2D eigenvalue weighted by atomic mass is 35.5. The van der Waals surface area contributed by atoms with E-state index in [1.54, 1.807) is 36.4 Å². The van der Waals surface area contributed by atoms with Gasteiger partial charge in [0.1, 0.15) is 12.4 Å². The lowest BCUT2D eigenvalue weighted by Gasteiger charge is -2.15. The molecule has 0 bridgehead atoms. The third-order valence-electron chi connectivity index (χ3n) is 2.90. The molecular weight excluding hydrogens is 317 g/mol. The van der Waals surface area contributed by atoms with E-state index >= 15 is 0 Å². The number of hydrogen-bond acceptors (Lipinski definition) is 2. The van der Waals surface area contributed by atoms with Crippen molar-refractivity contribution in [1.82, 2.24) is 0 Å². The van der Waals surface area contributed by atoms with Crippen molar-refractivity contribution in [2.24, 2.45) is 5.73 Å². The van der Waals surface area contributed by atoms with Gasteiger partial charge < -0.3 is 10.5 Å². The second kappa shape index (κ2) is 6.68. The summed E-state index contributed by atoms with van der Waals surface area (Å²) < 4.78 is 5.79. The highest BCUT2D eigenvalue weighted by Gasteiger charge is 2.11. The van der Waals surface area contributed by atoms with Crippen LogP contribution in [-0.2, 0) is 6.61 Å². The Labute approximate surface area is 133 Å². The SMILES string of the molecule is C[C@@H](N)c1cc(Cl)ccc1OCc1c(Cl)cccc1Cl. The van der Waals surface area contributed by atoms with Gasteiger partial charge in [-0.25, -0.2) is 0 Å². The summed E-state index contributed by atoms with van der Waals surface area (Å²) in [5.74, 6) is 0.681. The highest BCUT2D eigenvalue weighted by Crippen LogP contribution is 2.30. The first-order valence-corrected chi connectivity index (χ1v) is 7.23. The maximum atomic E-state index is 6.11. The fourth-order valence-electron chi connectivity index (χ4n) is 1.83. The first-order chi connectivity index (χ1) is 9.49. The van der Waals surface area contributed by atoms with E-state index in [1.165, 1.54) is 0 Å². The molecule has 0 aliphatic heterocycles. The van der Waals surface area contributed by atoms with E-state index in [9.17, 15) is 0 Å². The van der Waals surface area contributed by atoms with E-state index in [0.29, 0.717) is 20.8 Å². The van der Waals surface area contributed by atoms with E-state index in [0.717, 1.165) is 11.1 Å².